The number of rotatable bonds is 7. The molecule has 1 N–H and O–H groups in total. The molecule has 0 saturated carbocycles. The molecule has 1 aromatic carbocycles. The lowest BCUT2D eigenvalue weighted by atomic mass is 10.1. The van der Waals surface area contributed by atoms with Gasteiger partial charge in [-0.3, -0.25) is 0 Å². The second-order valence-electron chi connectivity index (χ2n) is 4.63. The van der Waals surface area contributed by atoms with E-state index in [0.717, 1.165) is 29.9 Å². The summed E-state index contributed by atoms with van der Waals surface area (Å²) in [4.78, 5) is 0. The largest absolute Gasteiger partial charge is 0.493 e. The number of hydrogen-bond donors (Lipinski definition) is 1. The molecule has 0 aromatic heterocycles. The van der Waals surface area contributed by atoms with Gasteiger partial charge in [-0.2, -0.15) is 0 Å². The van der Waals surface area contributed by atoms with Gasteiger partial charge < -0.3 is 9.84 Å². The molecule has 0 radical (unpaired) electrons. The lowest BCUT2D eigenvalue weighted by Crippen LogP contribution is -2.02. The quantitative estimate of drug-likeness (QED) is 0.725. The highest BCUT2D eigenvalue weighted by atomic mass is 16.5. The zero-order valence-corrected chi connectivity index (χ0v) is 11.2. The zero-order valence-electron chi connectivity index (χ0n) is 11.2. The number of aliphatic hydroxyl groups is 1. The maximum atomic E-state index is 9.66. The Labute approximate surface area is 105 Å². The van der Waals surface area contributed by atoms with E-state index in [1.165, 1.54) is 19.3 Å². The van der Waals surface area contributed by atoms with E-state index in [1.54, 1.807) is 6.92 Å². The summed E-state index contributed by atoms with van der Waals surface area (Å²) in [6.45, 7) is 6.75. The highest BCUT2D eigenvalue weighted by Gasteiger charge is 2.08. The number of hydrogen-bond acceptors (Lipinski definition) is 2. The van der Waals surface area contributed by atoms with E-state index in [9.17, 15) is 5.11 Å². The third kappa shape index (κ3) is 4.78. The van der Waals surface area contributed by atoms with Crippen molar-refractivity contribution in [2.24, 2.45) is 0 Å². The molecular formula is C15H24O2. The Morgan fingerprint density at radius 2 is 2.00 bits per heavy atom. The van der Waals surface area contributed by atoms with Crippen molar-refractivity contribution in [1.82, 2.24) is 0 Å². The fraction of sp³-hybridized carbons (Fsp3) is 0.600. The lowest BCUT2D eigenvalue weighted by molar-refractivity contribution is 0.190. The van der Waals surface area contributed by atoms with E-state index in [-0.39, 0.29) is 0 Å². The Kier molecular flexibility index (Phi) is 6.06. The molecular weight excluding hydrogens is 212 g/mol. The molecule has 0 spiro atoms. The zero-order chi connectivity index (χ0) is 12.7. The minimum absolute atomic E-state index is 0.471. The first-order valence-corrected chi connectivity index (χ1v) is 6.56. The molecule has 0 bridgehead atoms. The van der Waals surface area contributed by atoms with Gasteiger partial charge in [0.15, 0.2) is 0 Å². The van der Waals surface area contributed by atoms with Crippen molar-refractivity contribution in [3.8, 4) is 5.75 Å². The van der Waals surface area contributed by atoms with Crippen LogP contribution in [0.4, 0.5) is 0 Å². The maximum absolute atomic E-state index is 9.66. The van der Waals surface area contributed by atoms with Crippen LogP contribution >= 0.6 is 0 Å². The van der Waals surface area contributed by atoms with Crippen molar-refractivity contribution in [1.29, 1.82) is 0 Å². The van der Waals surface area contributed by atoms with Crippen LogP contribution in [0.5, 0.6) is 5.75 Å². The number of unbranched alkanes of at least 4 members (excludes halogenated alkanes) is 3. The molecule has 2 nitrogen and oxygen atoms in total. The molecule has 1 rings (SSSR count). The van der Waals surface area contributed by atoms with Crippen molar-refractivity contribution in [2.45, 2.75) is 52.6 Å². The normalized spacial score (nSPS) is 12.5. The van der Waals surface area contributed by atoms with E-state index in [2.05, 4.69) is 6.92 Å². The van der Waals surface area contributed by atoms with Gasteiger partial charge in [0.05, 0.1) is 12.7 Å². The molecule has 1 aromatic rings. The van der Waals surface area contributed by atoms with Crippen LogP contribution < -0.4 is 4.74 Å². The second kappa shape index (κ2) is 7.33. The van der Waals surface area contributed by atoms with Crippen LogP contribution in [0.25, 0.3) is 0 Å². The number of benzene rings is 1. The van der Waals surface area contributed by atoms with Crippen molar-refractivity contribution in [2.75, 3.05) is 6.61 Å². The van der Waals surface area contributed by atoms with Gasteiger partial charge in [0.25, 0.3) is 0 Å². The molecule has 0 aliphatic rings. The topological polar surface area (TPSA) is 29.5 Å². The average Bonchev–Trinajstić information content (AvgIpc) is 2.28. The fourth-order valence-corrected chi connectivity index (χ4v) is 1.82. The lowest BCUT2D eigenvalue weighted by Gasteiger charge is -2.14. The van der Waals surface area contributed by atoms with Crippen LogP contribution in [-0.2, 0) is 0 Å². The summed E-state index contributed by atoms with van der Waals surface area (Å²) in [6, 6.07) is 5.95. The molecule has 96 valence electrons. The summed E-state index contributed by atoms with van der Waals surface area (Å²) in [6.07, 6.45) is 4.33. The first-order valence-electron chi connectivity index (χ1n) is 6.56. The highest BCUT2D eigenvalue weighted by molar-refractivity contribution is 5.38. The third-order valence-corrected chi connectivity index (χ3v) is 2.87. The Morgan fingerprint density at radius 3 is 2.65 bits per heavy atom. The second-order valence-corrected chi connectivity index (χ2v) is 4.63. The minimum atomic E-state index is -0.471. The predicted molar refractivity (Wildman–Crippen MR) is 71.4 cm³/mol. The van der Waals surface area contributed by atoms with Gasteiger partial charge >= 0.3 is 0 Å². The fourth-order valence-electron chi connectivity index (χ4n) is 1.82. The smallest absolute Gasteiger partial charge is 0.125 e. The van der Waals surface area contributed by atoms with Crippen LogP contribution in [0.1, 0.15) is 56.8 Å². The molecule has 2 heteroatoms. The molecule has 1 atom stereocenters. The predicted octanol–water partition coefficient (Wildman–Crippen LogP) is 4.01. The molecule has 0 aliphatic heterocycles. The molecule has 0 fully saturated rings. The van der Waals surface area contributed by atoms with E-state index in [0.29, 0.717) is 0 Å². The average molecular weight is 236 g/mol. The summed E-state index contributed by atoms with van der Waals surface area (Å²) < 4.78 is 5.77. The van der Waals surface area contributed by atoms with Gasteiger partial charge in [-0.05, 0) is 31.9 Å². The SMILES string of the molecule is CCCCCCOc1cc(C)ccc1C(C)O. The molecule has 0 aliphatic carbocycles. The molecule has 0 amide bonds. The van der Waals surface area contributed by atoms with E-state index >= 15 is 0 Å². The van der Waals surface area contributed by atoms with Gasteiger partial charge in [0.2, 0.25) is 0 Å². The number of aryl methyl sites for hydroxylation is 1. The summed E-state index contributed by atoms with van der Waals surface area (Å²) in [5.41, 5.74) is 2.05. The Balaban J connectivity index is 2.53. The molecule has 1 unspecified atom stereocenters. The number of aliphatic hydroxyl groups excluding tert-OH is 1. The van der Waals surface area contributed by atoms with Crippen molar-refractivity contribution in [3.05, 3.63) is 29.3 Å². The minimum Gasteiger partial charge on any atom is -0.493 e. The van der Waals surface area contributed by atoms with Gasteiger partial charge in [0.1, 0.15) is 5.75 Å². The summed E-state index contributed by atoms with van der Waals surface area (Å²) in [5, 5.41) is 9.66. The molecule has 0 heterocycles. The Bertz CT molecular complexity index is 332. The molecule has 0 saturated heterocycles. The van der Waals surface area contributed by atoms with Crippen molar-refractivity contribution < 1.29 is 9.84 Å². The Hall–Kier alpha value is -1.02. The first-order chi connectivity index (χ1) is 8.15. The van der Waals surface area contributed by atoms with E-state index in [4.69, 9.17) is 4.74 Å². The Morgan fingerprint density at radius 1 is 1.24 bits per heavy atom. The van der Waals surface area contributed by atoms with E-state index in [1.807, 2.05) is 25.1 Å². The van der Waals surface area contributed by atoms with Crippen LogP contribution in [0.3, 0.4) is 0 Å². The van der Waals surface area contributed by atoms with E-state index < -0.39 is 6.10 Å². The van der Waals surface area contributed by atoms with Crippen LogP contribution in [0.2, 0.25) is 0 Å². The maximum Gasteiger partial charge on any atom is 0.125 e. The first kappa shape index (κ1) is 14.0. The van der Waals surface area contributed by atoms with Gasteiger partial charge in [-0.25, -0.2) is 0 Å². The van der Waals surface area contributed by atoms with Crippen LogP contribution in [0, 0.1) is 6.92 Å². The summed E-state index contributed by atoms with van der Waals surface area (Å²) in [7, 11) is 0. The highest BCUT2D eigenvalue weighted by Crippen LogP contribution is 2.26. The number of ether oxygens (including phenoxy) is 1. The standard InChI is InChI=1S/C15H24O2/c1-4-5-6-7-10-17-15-11-12(2)8-9-14(15)13(3)16/h8-9,11,13,16H,4-7,10H2,1-3H3. The van der Waals surface area contributed by atoms with Gasteiger partial charge in [0, 0.05) is 5.56 Å². The van der Waals surface area contributed by atoms with Crippen LogP contribution in [0.15, 0.2) is 18.2 Å². The van der Waals surface area contributed by atoms with Crippen molar-refractivity contribution in [3.63, 3.8) is 0 Å². The molecule has 17 heavy (non-hydrogen) atoms. The summed E-state index contributed by atoms with van der Waals surface area (Å²) in [5.74, 6) is 0.830. The van der Waals surface area contributed by atoms with Crippen LogP contribution in [-0.4, -0.2) is 11.7 Å². The summed E-state index contributed by atoms with van der Waals surface area (Å²) >= 11 is 0. The van der Waals surface area contributed by atoms with Gasteiger partial charge in [-0.15, -0.1) is 0 Å². The third-order valence-electron chi connectivity index (χ3n) is 2.87. The monoisotopic (exact) mass is 236 g/mol. The van der Waals surface area contributed by atoms with Crippen molar-refractivity contribution >= 4 is 0 Å². The van der Waals surface area contributed by atoms with Gasteiger partial charge in [-0.1, -0.05) is 38.3 Å².